The SMILES string of the molecule is CCNC(c1ccccc1C1CCC1)C(C)C(C)C. The van der Waals surface area contributed by atoms with Crippen LogP contribution >= 0.6 is 0 Å². The van der Waals surface area contributed by atoms with Gasteiger partial charge in [-0.3, -0.25) is 0 Å². The zero-order chi connectivity index (χ0) is 13.8. The summed E-state index contributed by atoms with van der Waals surface area (Å²) in [6.45, 7) is 10.3. The molecule has 1 fully saturated rings. The van der Waals surface area contributed by atoms with Gasteiger partial charge in [0.25, 0.3) is 0 Å². The van der Waals surface area contributed by atoms with E-state index < -0.39 is 0 Å². The maximum atomic E-state index is 3.72. The molecule has 19 heavy (non-hydrogen) atoms. The Kier molecular flexibility index (Phi) is 5.04. The van der Waals surface area contributed by atoms with E-state index in [1.54, 1.807) is 11.1 Å². The van der Waals surface area contributed by atoms with Crippen LogP contribution in [-0.4, -0.2) is 6.54 Å². The van der Waals surface area contributed by atoms with Gasteiger partial charge in [0, 0.05) is 6.04 Å². The summed E-state index contributed by atoms with van der Waals surface area (Å²) in [5.74, 6) is 2.19. The second kappa shape index (κ2) is 6.56. The first-order valence-electron chi connectivity index (χ1n) is 7.97. The maximum absolute atomic E-state index is 3.72. The molecule has 1 aromatic carbocycles. The summed E-state index contributed by atoms with van der Waals surface area (Å²) in [7, 11) is 0. The molecule has 1 heteroatoms. The van der Waals surface area contributed by atoms with E-state index in [4.69, 9.17) is 0 Å². The Labute approximate surface area is 118 Å². The van der Waals surface area contributed by atoms with E-state index in [0.29, 0.717) is 17.9 Å². The maximum Gasteiger partial charge on any atom is 0.0351 e. The fourth-order valence-electron chi connectivity index (χ4n) is 3.07. The molecule has 106 valence electrons. The second-order valence-corrected chi connectivity index (χ2v) is 6.40. The van der Waals surface area contributed by atoms with Crippen LogP contribution in [-0.2, 0) is 0 Å². The van der Waals surface area contributed by atoms with Crippen molar-refractivity contribution in [3.8, 4) is 0 Å². The first-order chi connectivity index (χ1) is 9.15. The molecule has 0 aromatic heterocycles. The quantitative estimate of drug-likeness (QED) is 0.766. The summed E-state index contributed by atoms with van der Waals surface area (Å²) in [4.78, 5) is 0. The lowest BCUT2D eigenvalue weighted by Gasteiger charge is -2.34. The summed E-state index contributed by atoms with van der Waals surface area (Å²) in [6, 6.07) is 9.62. The van der Waals surface area contributed by atoms with Gasteiger partial charge in [-0.25, -0.2) is 0 Å². The molecule has 1 nitrogen and oxygen atoms in total. The van der Waals surface area contributed by atoms with Gasteiger partial charge in [-0.2, -0.15) is 0 Å². The first kappa shape index (κ1) is 14.6. The molecule has 1 aliphatic rings. The van der Waals surface area contributed by atoms with E-state index in [9.17, 15) is 0 Å². The molecule has 0 heterocycles. The lowest BCUT2D eigenvalue weighted by Crippen LogP contribution is -2.31. The Morgan fingerprint density at radius 1 is 1.16 bits per heavy atom. The van der Waals surface area contributed by atoms with Gasteiger partial charge in [-0.15, -0.1) is 0 Å². The molecule has 2 unspecified atom stereocenters. The van der Waals surface area contributed by atoms with Gasteiger partial charge in [-0.1, -0.05) is 58.4 Å². The van der Waals surface area contributed by atoms with E-state index >= 15 is 0 Å². The van der Waals surface area contributed by atoms with Crippen molar-refractivity contribution in [3.63, 3.8) is 0 Å². The molecule has 0 radical (unpaired) electrons. The van der Waals surface area contributed by atoms with E-state index in [-0.39, 0.29) is 0 Å². The van der Waals surface area contributed by atoms with Crippen LogP contribution in [0, 0.1) is 11.8 Å². The lowest BCUT2D eigenvalue weighted by molar-refractivity contribution is 0.302. The number of benzene rings is 1. The molecule has 0 saturated heterocycles. The van der Waals surface area contributed by atoms with Crippen molar-refractivity contribution >= 4 is 0 Å². The smallest absolute Gasteiger partial charge is 0.0351 e. The molecule has 2 rings (SSSR count). The summed E-state index contributed by atoms with van der Waals surface area (Å²) in [6.07, 6.45) is 4.17. The van der Waals surface area contributed by atoms with Crippen LogP contribution in [0.4, 0.5) is 0 Å². The lowest BCUT2D eigenvalue weighted by atomic mass is 9.75. The minimum absolute atomic E-state index is 0.502. The van der Waals surface area contributed by atoms with Gasteiger partial charge in [0.15, 0.2) is 0 Å². The van der Waals surface area contributed by atoms with Crippen molar-refractivity contribution in [1.82, 2.24) is 5.32 Å². The Morgan fingerprint density at radius 2 is 1.84 bits per heavy atom. The van der Waals surface area contributed by atoms with Crippen LogP contribution in [0.5, 0.6) is 0 Å². The van der Waals surface area contributed by atoms with Gasteiger partial charge < -0.3 is 5.32 Å². The van der Waals surface area contributed by atoms with Crippen LogP contribution in [0.2, 0.25) is 0 Å². The summed E-state index contributed by atoms with van der Waals surface area (Å²) >= 11 is 0. The molecule has 1 aliphatic carbocycles. The topological polar surface area (TPSA) is 12.0 Å². The Balaban J connectivity index is 2.29. The minimum atomic E-state index is 0.502. The first-order valence-corrected chi connectivity index (χ1v) is 7.97. The van der Waals surface area contributed by atoms with Gasteiger partial charge >= 0.3 is 0 Å². The zero-order valence-corrected chi connectivity index (χ0v) is 12.9. The van der Waals surface area contributed by atoms with Crippen LogP contribution in [0.1, 0.15) is 70.0 Å². The van der Waals surface area contributed by atoms with E-state index in [1.165, 1.54) is 19.3 Å². The Hall–Kier alpha value is -0.820. The van der Waals surface area contributed by atoms with Crippen molar-refractivity contribution in [3.05, 3.63) is 35.4 Å². The van der Waals surface area contributed by atoms with Crippen molar-refractivity contribution in [2.24, 2.45) is 11.8 Å². The number of hydrogen-bond donors (Lipinski definition) is 1. The van der Waals surface area contributed by atoms with Gasteiger partial charge in [0.1, 0.15) is 0 Å². The molecule has 0 amide bonds. The van der Waals surface area contributed by atoms with E-state index in [0.717, 1.165) is 12.5 Å². The standard InChI is InChI=1S/C18H29N/c1-5-19-18(14(4)13(2)3)17-12-7-6-11-16(17)15-9-8-10-15/h6-7,11-15,18-19H,5,8-10H2,1-4H3. The van der Waals surface area contributed by atoms with Gasteiger partial charge in [-0.05, 0) is 48.3 Å². The van der Waals surface area contributed by atoms with Crippen molar-refractivity contribution in [2.75, 3.05) is 6.54 Å². The van der Waals surface area contributed by atoms with Crippen molar-refractivity contribution in [2.45, 2.75) is 58.9 Å². The molecular formula is C18H29N. The zero-order valence-electron chi connectivity index (χ0n) is 12.9. The third-order valence-corrected chi connectivity index (χ3v) is 4.88. The largest absolute Gasteiger partial charge is 0.310 e. The fraction of sp³-hybridized carbons (Fsp3) is 0.667. The number of nitrogens with one attached hydrogen (secondary N) is 1. The highest BCUT2D eigenvalue weighted by Crippen LogP contribution is 2.41. The molecule has 0 bridgehead atoms. The molecule has 1 aromatic rings. The second-order valence-electron chi connectivity index (χ2n) is 6.40. The molecule has 1 N–H and O–H groups in total. The van der Waals surface area contributed by atoms with Gasteiger partial charge in [0.2, 0.25) is 0 Å². The monoisotopic (exact) mass is 259 g/mol. The fourth-order valence-corrected chi connectivity index (χ4v) is 3.07. The summed E-state index contributed by atoms with van der Waals surface area (Å²) in [5.41, 5.74) is 3.16. The minimum Gasteiger partial charge on any atom is -0.310 e. The predicted molar refractivity (Wildman–Crippen MR) is 83.5 cm³/mol. The third-order valence-electron chi connectivity index (χ3n) is 4.88. The van der Waals surface area contributed by atoms with E-state index in [2.05, 4.69) is 57.3 Å². The third kappa shape index (κ3) is 3.20. The number of hydrogen-bond acceptors (Lipinski definition) is 1. The molecule has 0 spiro atoms. The average molecular weight is 259 g/mol. The average Bonchev–Trinajstić information content (AvgIpc) is 2.34. The molecule has 0 aliphatic heterocycles. The van der Waals surface area contributed by atoms with Crippen LogP contribution < -0.4 is 5.32 Å². The van der Waals surface area contributed by atoms with Gasteiger partial charge in [0.05, 0.1) is 0 Å². The highest BCUT2D eigenvalue weighted by Gasteiger charge is 2.28. The molecule has 1 saturated carbocycles. The Bertz CT molecular complexity index is 392. The van der Waals surface area contributed by atoms with Crippen LogP contribution in [0.3, 0.4) is 0 Å². The predicted octanol–water partition coefficient (Wildman–Crippen LogP) is 4.90. The Morgan fingerprint density at radius 3 is 2.37 bits per heavy atom. The van der Waals surface area contributed by atoms with Crippen LogP contribution in [0.15, 0.2) is 24.3 Å². The highest BCUT2D eigenvalue weighted by molar-refractivity contribution is 5.34. The highest BCUT2D eigenvalue weighted by atomic mass is 14.9. The normalized spacial score (nSPS) is 19.2. The van der Waals surface area contributed by atoms with Crippen molar-refractivity contribution in [1.29, 1.82) is 0 Å². The molecule has 2 atom stereocenters. The molecular weight excluding hydrogens is 230 g/mol. The van der Waals surface area contributed by atoms with E-state index in [1.807, 2.05) is 0 Å². The van der Waals surface area contributed by atoms with Crippen molar-refractivity contribution < 1.29 is 0 Å². The number of rotatable bonds is 6. The van der Waals surface area contributed by atoms with Crippen LogP contribution in [0.25, 0.3) is 0 Å². The summed E-state index contributed by atoms with van der Waals surface area (Å²) < 4.78 is 0. The summed E-state index contributed by atoms with van der Waals surface area (Å²) in [5, 5.41) is 3.72.